The highest BCUT2D eigenvalue weighted by molar-refractivity contribution is 7.99. The van der Waals surface area contributed by atoms with Crippen molar-refractivity contribution in [3.05, 3.63) is 59.7 Å². The van der Waals surface area contributed by atoms with Crippen LogP contribution in [0.3, 0.4) is 0 Å². The number of nitrogens with one attached hydrogen (secondary N) is 1. The van der Waals surface area contributed by atoms with Gasteiger partial charge in [-0.2, -0.15) is 0 Å². The van der Waals surface area contributed by atoms with Crippen molar-refractivity contribution in [1.82, 2.24) is 20.1 Å². The fourth-order valence-corrected chi connectivity index (χ4v) is 3.67. The number of nitrogens with zero attached hydrogens (tertiary/aromatic N) is 3. The second-order valence-electron chi connectivity index (χ2n) is 6.60. The van der Waals surface area contributed by atoms with Crippen LogP contribution in [-0.4, -0.2) is 45.5 Å². The molecule has 0 aliphatic rings. The van der Waals surface area contributed by atoms with Crippen molar-refractivity contribution in [3.63, 3.8) is 0 Å². The number of carbonyl (C=O) groups is 2. The summed E-state index contributed by atoms with van der Waals surface area (Å²) < 4.78 is 6.79. The molecule has 7 nitrogen and oxygen atoms in total. The van der Waals surface area contributed by atoms with Gasteiger partial charge < -0.3 is 10.1 Å². The minimum atomic E-state index is -0.458. The molecule has 3 aromatic rings. The highest BCUT2D eigenvalue weighted by atomic mass is 32.2. The van der Waals surface area contributed by atoms with Gasteiger partial charge >= 0.3 is 5.97 Å². The van der Waals surface area contributed by atoms with E-state index in [0.29, 0.717) is 11.0 Å². The number of rotatable bonds is 8. The molecule has 3 rings (SSSR count). The van der Waals surface area contributed by atoms with E-state index in [-0.39, 0.29) is 24.8 Å². The first kappa shape index (κ1) is 21.6. The van der Waals surface area contributed by atoms with Crippen molar-refractivity contribution in [2.45, 2.75) is 25.9 Å². The number of aryl methyl sites for hydroxylation is 1. The topological polar surface area (TPSA) is 86.1 Å². The molecule has 0 fully saturated rings. The molecule has 2 aromatic carbocycles. The Bertz CT molecular complexity index is 1030. The number of hydrogen-bond donors (Lipinski definition) is 1. The van der Waals surface area contributed by atoms with E-state index in [1.807, 2.05) is 47.0 Å². The van der Waals surface area contributed by atoms with E-state index in [1.165, 1.54) is 11.8 Å². The lowest BCUT2D eigenvalue weighted by Crippen LogP contribution is -2.31. The molecule has 1 aromatic heterocycles. The standard InChI is InChI=1S/C22H24N4O3S/c1-4-29-20(28)13-23-19(27)14-30-22-25-24-21(17-10-6-5-7-11-17)26(22)18-12-8-9-15(2)16(18)3/h5-12H,4,13-14H2,1-3H3,(H,23,27). The van der Waals surface area contributed by atoms with Crippen molar-refractivity contribution < 1.29 is 14.3 Å². The minimum absolute atomic E-state index is 0.108. The van der Waals surface area contributed by atoms with Crippen molar-refractivity contribution in [3.8, 4) is 17.1 Å². The first-order valence-electron chi connectivity index (χ1n) is 9.63. The molecule has 156 valence electrons. The van der Waals surface area contributed by atoms with Gasteiger partial charge in [0.2, 0.25) is 5.91 Å². The molecule has 0 saturated heterocycles. The molecule has 8 heteroatoms. The summed E-state index contributed by atoms with van der Waals surface area (Å²) >= 11 is 1.27. The molecule has 1 heterocycles. The molecule has 1 N–H and O–H groups in total. The Morgan fingerprint density at radius 2 is 1.83 bits per heavy atom. The molecule has 0 saturated carbocycles. The Kier molecular flexibility index (Phi) is 7.24. The summed E-state index contributed by atoms with van der Waals surface area (Å²) in [7, 11) is 0. The zero-order valence-electron chi connectivity index (χ0n) is 17.2. The Hall–Kier alpha value is -3.13. The van der Waals surface area contributed by atoms with Crippen LogP contribution in [-0.2, 0) is 14.3 Å². The molecule has 0 atom stereocenters. The maximum Gasteiger partial charge on any atom is 0.325 e. The van der Waals surface area contributed by atoms with E-state index in [9.17, 15) is 9.59 Å². The number of ether oxygens (including phenoxy) is 1. The number of thioether (sulfide) groups is 1. The zero-order valence-corrected chi connectivity index (χ0v) is 18.0. The van der Waals surface area contributed by atoms with E-state index in [2.05, 4.69) is 35.4 Å². The van der Waals surface area contributed by atoms with Crippen molar-refractivity contribution >= 4 is 23.6 Å². The predicted octanol–water partition coefficient (Wildman–Crippen LogP) is 3.32. The average molecular weight is 425 g/mol. The van der Waals surface area contributed by atoms with Crippen LogP contribution in [0.15, 0.2) is 53.7 Å². The second kappa shape index (κ2) is 10.1. The number of carbonyl (C=O) groups excluding carboxylic acids is 2. The predicted molar refractivity (Wildman–Crippen MR) is 117 cm³/mol. The highest BCUT2D eigenvalue weighted by Crippen LogP contribution is 2.30. The molecule has 0 bridgehead atoms. The van der Waals surface area contributed by atoms with Crippen molar-refractivity contribution in [2.24, 2.45) is 0 Å². The first-order chi connectivity index (χ1) is 14.5. The van der Waals surface area contributed by atoms with Gasteiger partial charge in [-0.25, -0.2) is 0 Å². The van der Waals surface area contributed by atoms with Gasteiger partial charge in [0.05, 0.1) is 18.0 Å². The SMILES string of the molecule is CCOC(=O)CNC(=O)CSc1nnc(-c2ccccc2)n1-c1cccc(C)c1C. The molecule has 1 amide bonds. The van der Waals surface area contributed by atoms with Gasteiger partial charge in [0.25, 0.3) is 0 Å². The second-order valence-corrected chi connectivity index (χ2v) is 7.54. The number of benzene rings is 2. The molecular formula is C22H24N4O3S. The summed E-state index contributed by atoms with van der Waals surface area (Å²) in [6, 6.07) is 15.9. The normalized spacial score (nSPS) is 10.6. The number of hydrogen-bond acceptors (Lipinski definition) is 6. The number of aromatic nitrogens is 3. The van der Waals surface area contributed by atoms with E-state index in [4.69, 9.17) is 4.74 Å². The fourth-order valence-electron chi connectivity index (χ4n) is 2.90. The monoisotopic (exact) mass is 424 g/mol. The molecule has 0 aliphatic carbocycles. The van der Waals surface area contributed by atoms with Crippen LogP contribution in [0, 0.1) is 13.8 Å². The zero-order chi connectivity index (χ0) is 21.5. The smallest absolute Gasteiger partial charge is 0.325 e. The first-order valence-corrected chi connectivity index (χ1v) is 10.6. The fraction of sp³-hybridized carbons (Fsp3) is 0.273. The summed E-state index contributed by atoms with van der Waals surface area (Å²) in [5, 5.41) is 11.9. The van der Waals surface area contributed by atoms with Crippen LogP contribution >= 0.6 is 11.8 Å². The van der Waals surface area contributed by atoms with Crippen LogP contribution in [0.4, 0.5) is 0 Å². The Morgan fingerprint density at radius 1 is 1.07 bits per heavy atom. The maximum atomic E-state index is 12.2. The summed E-state index contributed by atoms with van der Waals surface area (Å²) in [4.78, 5) is 23.6. The van der Waals surface area contributed by atoms with E-state index in [1.54, 1.807) is 6.92 Å². The lowest BCUT2D eigenvalue weighted by molar-refractivity contribution is -0.143. The third-order valence-corrected chi connectivity index (χ3v) is 5.48. The average Bonchev–Trinajstić information content (AvgIpc) is 3.17. The van der Waals surface area contributed by atoms with Crippen LogP contribution in [0.25, 0.3) is 17.1 Å². The highest BCUT2D eigenvalue weighted by Gasteiger charge is 2.19. The molecule has 30 heavy (non-hydrogen) atoms. The van der Waals surface area contributed by atoms with E-state index in [0.717, 1.165) is 22.4 Å². The van der Waals surface area contributed by atoms with E-state index < -0.39 is 5.97 Å². The largest absolute Gasteiger partial charge is 0.465 e. The van der Waals surface area contributed by atoms with Crippen LogP contribution in [0.5, 0.6) is 0 Å². The Labute approximate surface area is 179 Å². The Morgan fingerprint density at radius 3 is 2.57 bits per heavy atom. The van der Waals surface area contributed by atoms with E-state index >= 15 is 0 Å². The molecule has 0 spiro atoms. The van der Waals surface area contributed by atoms with Gasteiger partial charge in [-0.3, -0.25) is 14.2 Å². The molecule has 0 aliphatic heterocycles. The van der Waals surface area contributed by atoms with Gasteiger partial charge in [0.15, 0.2) is 11.0 Å². The molecule has 0 radical (unpaired) electrons. The summed E-state index contributed by atoms with van der Waals surface area (Å²) in [6.45, 7) is 5.97. The lowest BCUT2D eigenvalue weighted by Gasteiger charge is -2.14. The minimum Gasteiger partial charge on any atom is -0.465 e. The number of esters is 1. The van der Waals surface area contributed by atoms with Gasteiger partial charge in [-0.1, -0.05) is 54.2 Å². The van der Waals surface area contributed by atoms with Crippen molar-refractivity contribution in [1.29, 1.82) is 0 Å². The van der Waals surface area contributed by atoms with Gasteiger partial charge in [0, 0.05) is 5.56 Å². The maximum absolute atomic E-state index is 12.2. The van der Waals surface area contributed by atoms with Gasteiger partial charge in [0.1, 0.15) is 6.54 Å². The van der Waals surface area contributed by atoms with Gasteiger partial charge in [-0.05, 0) is 38.0 Å². The Balaban J connectivity index is 1.86. The molecule has 0 unspecified atom stereocenters. The van der Waals surface area contributed by atoms with Crippen LogP contribution < -0.4 is 5.32 Å². The third-order valence-electron chi connectivity index (χ3n) is 4.55. The third kappa shape index (κ3) is 5.07. The number of amides is 1. The quantitative estimate of drug-likeness (QED) is 0.441. The van der Waals surface area contributed by atoms with Crippen LogP contribution in [0.1, 0.15) is 18.1 Å². The molecular weight excluding hydrogens is 400 g/mol. The summed E-state index contributed by atoms with van der Waals surface area (Å²) in [5.41, 5.74) is 4.17. The van der Waals surface area contributed by atoms with Crippen LogP contribution in [0.2, 0.25) is 0 Å². The van der Waals surface area contributed by atoms with Gasteiger partial charge in [-0.15, -0.1) is 10.2 Å². The summed E-state index contributed by atoms with van der Waals surface area (Å²) in [6.07, 6.45) is 0. The lowest BCUT2D eigenvalue weighted by atomic mass is 10.1. The van der Waals surface area contributed by atoms with Crippen molar-refractivity contribution in [2.75, 3.05) is 18.9 Å². The summed E-state index contributed by atoms with van der Waals surface area (Å²) in [5.74, 6) is 0.0846.